The first-order valence-electron chi connectivity index (χ1n) is 9.44. The van der Waals surface area contributed by atoms with Crippen LogP contribution in [-0.4, -0.2) is 45.3 Å². The predicted molar refractivity (Wildman–Crippen MR) is 113 cm³/mol. The van der Waals surface area contributed by atoms with Crippen molar-refractivity contribution < 1.29 is 18.8 Å². The molecular formula is C21H21N3O6. The molecule has 0 amide bonds. The number of rotatable bonds is 5. The number of piperazine rings is 1. The van der Waals surface area contributed by atoms with Crippen LogP contribution in [0.2, 0.25) is 0 Å². The zero-order valence-electron chi connectivity index (χ0n) is 16.7. The van der Waals surface area contributed by atoms with Crippen molar-refractivity contribution in [1.29, 1.82) is 0 Å². The highest BCUT2D eigenvalue weighted by atomic mass is 16.6. The van der Waals surface area contributed by atoms with Crippen LogP contribution in [0.5, 0.6) is 11.5 Å². The standard InChI is InChI=1S/C21H21N3O6/c1-28-16-11-18(29-2)21-17(25)13-20(30-19(21)12-16)23-9-7-22(8-10-23)14-3-5-15(6-4-14)24(26)27/h3-6,11-13H,7-10H2,1-2H3. The van der Waals surface area contributed by atoms with Gasteiger partial charge in [0.05, 0.1) is 19.1 Å². The normalized spacial score (nSPS) is 14.1. The molecule has 3 aromatic rings. The highest BCUT2D eigenvalue weighted by Gasteiger charge is 2.21. The van der Waals surface area contributed by atoms with E-state index in [4.69, 9.17) is 13.9 Å². The lowest BCUT2D eigenvalue weighted by Crippen LogP contribution is -2.46. The second-order valence-corrected chi connectivity index (χ2v) is 6.90. The van der Waals surface area contributed by atoms with Crippen LogP contribution in [0.25, 0.3) is 11.0 Å². The maximum atomic E-state index is 12.7. The van der Waals surface area contributed by atoms with E-state index >= 15 is 0 Å². The Bertz CT molecular complexity index is 1130. The molecule has 0 radical (unpaired) electrons. The number of nitro benzene ring substituents is 1. The van der Waals surface area contributed by atoms with Gasteiger partial charge in [-0.05, 0) is 12.1 Å². The summed E-state index contributed by atoms with van der Waals surface area (Å²) >= 11 is 0. The number of anilines is 2. The number of non-ortho nitro benzene ring substituents is 1. The summed E-state index contributed by atoms with van der Waals surface area (Å²) < 4.78 is 16.6. The fourth-order valence-electron chi connectivity index (χ4n) is 3.62. The van der Waals surface area contributed by atoms with Gasteiger partial charge in [-0.3, -0.25) is 14.9 Å². The lowest BCUT2D eigenvalue weighted by atomic mass is 10.2. The van der Waals surface area contributed by atoms with Gasteiger partial charge in [0.2, 0.25) is 0 Å². The zero-order chi connectivity index (χ0) is 21.3. The largest absolute Gasteiger partial charge is 0.496 e. The molecule has 0 atom stereocenters. The number of hydrogen-bond donors (Lipinski definition) is 0. The van der Waals surface area contributed by atoms with Crippen molar-refractivity contribution in [2.45, 2.75) is 0 Å². The second-order valence-electron chi connectivity index (χ2n) is 6.90. The van der Waals surface area contributed by atoms with E-state index in [-0.39, 0.29) is 11.1 Å². The first-order valence-corrected chi connectivity index (χ1v) is 9.44. The highest BCUT2D eigenvalue weighted by molar-refractivity contribution is 5.86. The first-order chi connectivity index (χ1) is 14.5. The molecule has 0 N–H and O–H groups in total. The average Bonchev–Trinajstić information content (AvgIpc) is 2.78. The molecule has 1 aliphatic rings. The van der Waals surface area contributed by atoms with Crippen LogP contribution in [0.4, 0.5) is 17.3 Å². The molecule has 1 saturated heterocycles. The summed E-state index contributed by atoms with van der Waals surface area (Å²) in [6.07, 6.45) is 0. The Kier molecular flexibility index (Phi) is 5.18. The van der Waals surface area contributed by atoms with Crippen molar-refractivity contribution in [3.8, 4) is 11.5 Å². The molecule has 9 heteroatoms. The van der Waals surface area contributed by atoms with Gasteiger partial charge in [-0.25, -0.2) is 0 Å². The van der Waals surface area contributed by atoms with E-state index in [0.717, 1.165) is 5.69 Å². The molecule has 156 valence electrons. The Morgan fingerprint density at radius 2 is 1.63 bits per heavy atom. The van der Waals surface area contributed by atoms with E-state index in [2.05, 4.69) is 4.90 Å². The van der Waals surface area contributed by atoms with Crippen LogP contribution in [-0.2, 0) is 0 Å². The van der Waals surface area contributed by atoms with Crippen molar-refractivity contribution in [3.05, 3.63) is 62.8 Å². The number of nitro groups is 1. The van der Waals surface area contributed by atoms with E-state index in [1.165, 1.54) is 25.3 Å². The number of benzene rings is 2. The minimum absolute atomic E-state index is 0.0705. The van der Waals surface area contributed by atoms with Crippen LogP contribution in [0.1, 0.15) is 0 Å². The summed E-state index contributed by atoms with van der Waals surface area (Å²) in [5, 5.41) is 11.2. The molecule has 2 heterocycles. The van der Waals surface area contributed by atoms with Gasteiger partial charge in [0.15, 0.2) is 11.3 Å². The number of methoxy groups -OCH3 is 2. The number of ether oxygens (including phenoxy) is 2. The molecule has 0 aliphatic carbocycles. The molecule has 1 aliphatic heterocycles. The Hall–Kier alpha value is -3.75. The summed E-state index contributed by atoms with van der Waals surface area (Å²) in [5.41, 5.74) is 1.23. The predicted octanol–water partition coefficient (Wildman–Crippen LogP) is 3.05. The van der Waals surface area contributed by atoms with Crippen molar-refractivity contribution >= 4 is 28.2 Å². The number of fused-ring (bicyclic) bond motifs is 1. The van der Waals surface area contributed by atoms with Gasteiger partial charge in [0.25, 0.3) is 5.69 Å². The van der Waals surface area contributed by atoms with Crippen molar-refractivity contribution in [2.24, 2.45) is 0 Å². The summed E-state index contributed by atoms with van der Waals surface area (Å²) in [6, 6.07) is 11.3. The highest BCUT2D eigenvalue weighted by Crippen LogP contribution is 2.31. The maximum Gasteiger partial charge on any atom is 0.269 e. The quantitative estimate of drug-likeness (QED) is 0.467. The molecule has 1 fully saturated rings. The van der Waals surface area contributed by atoms with Crippen LogP contribution in [0, 0.1) is 10.1 Å². The summed E-state index contributed by atoms with van der Waals surface area (Å²) in [6.45, 7) is 2.68. The molecule has 30 heavy (non-hydrogen) atoms. The molecule has 2 aromatic carbocycles. The van der Waals surface area contributed by atoms with Gasteiger partial charge in [-0.1, -0.05) is 0 Å². The number of nitrogens with zero attached hydrogens (tertiary/aromatic N) is 3. The third-order valence-corrected chi connectivity index (χ3v) is 5.23. The molecule has 0 unspecified atom stereocenters. The van der Waals surface area contributed by atoms with Gasteiger partial charge >= 0.3 is 0 Å². The van der Waals surface area contributed by atoms with Crippen molar-refractivity contribution in [2.75, 3.05) is 50.2 Å². The summed E-state index contributed by atoms with van der Waals surface area (Å²) in [4.78, 5) is 27.3. The third-order valence-electron chi connectivity index (χ3n) is 5.23. The van der Waals surface area contributed by atoms with Crippen LogP contribution in [0.15, 0.2) is 51.7 Å². The molecule has 0 saturated carbocycles. The van der Waals surface area contributed by atoms with E-state index < -0.39 is 4.92 Å². The maximum absolute atomic E-state index is 12.7. The van der Waals surface area contributed by atoms with Gasteiger partial charge in [-0.2, -0.15) is 0 Å². The number of hydrogen-bond acceptors (Lipinski definition) is 8. The average molecular weight is 411 g/mol. The molecular weight excluding hydrogens is 390 g/mol. The van der Waals surface area contributed by atoms with Gasteiger partial charge in [0.1, 0.15) is 22.5 Å². The van der Waals surface area contributed by atoms with Gasteiger partial charge in [0, 0.05) is 62.2 Å². The van der Waals surface area contributed by atoms with Crippen molar-refractivity contribution in [1.82, 2.24) is 0 Å². The Morgan fingerprint density at radius 3 is 2.23 bits per heavy atom. The first kappa shape index (κ1) is 19.6. The van der Waals surface area contributed by atoms with Crippen molar-refractivity contribution in [3.63, 3.8) is 0 Å². The molecule has 1 aromatic heterocycles. The molecule has 0 spiro atoms. The molecule has 4 rings (SSSR count). The molecule has 9 nitrogen and oxygen atoms in total. The SMILES string of the molecule is COc1cc(OC)c2c(=O)cc(N3CCN(c4ccc([N+](=O)[O-])cc4)CC3)oc2c1. The van der Waals surface area contributed by atoms with Gasteiger partial charge < -0.3 is 23.7 Å². The topological polar surface area (TPSA) is 98.3 Å². The fraction of sp³-hybridized carbons (Fsp3) is 0.286. The Labute approximate surface area is 172 Å². The van der Waals surface area contributed by atoms with Crippen LogP contribution in [0.3, 0.4) is 0 Å². The van der Waals surface area contributed by atoms with Gasteiger partial charge in [-0.15, -0.1) is 0 Å². The third kappa shape index (κ3) is 3.61. The fourth-order valence-corrected chi connectivity index (χ4v) is 3.62. The minimum Gasteiger partial charge on any atom is -0.496 e. The Balaban J connectivity index is 1.55. The smallest absolute Gasteiger partial charge is 0.269 e. The lowest BCUT2D eigenvalue weighted by molar-refractivity contribution is -0.384. The summed E-state index contributed by atoms with van der Waals surface area (Å²) in [5.74, 6) is 1.45. The summed E-state index contributed by atoms with van der Waals surface area (Å²) in [7, 11) is 3.04. The van der Waals surface area contributed by atoms with Crippen LogP contribution < -0.4 is 24.7 Å². The van der Waals surface area contributed by atoms with E-state index in [1.807, 2.05) is 4.90 Å². The van der Waals surface area contributed by atoms with E-state index in [0.29, 0.717) is 54.5 Å². The Morgan fingerprint density at radius 1 is 0.967 bits per heavy atom. The monoisotopic (exact) mass is 411 g/mol. The molecule has 0 bridgehead atoms. The van der Waals surface area contributed by atoms with E-state index in [9.17, 15) is 14.9 Å². The van der Waals surface area contributed by atoms with E-state index in [1.54, 1.807) is 31.4 Å². The zero-order valence-corrected chi connectivity index (χ0v) is 16.7. The minimum atomic E-state index is -0.409. The van der Waals surface area contributed by atoms with Crippen LogP contribution >= 0.6 is 0 Å². The lowest BCUT2D eigenvalue weighted by Gasteiger charge is -2.36. The second kappa shape index (κ2) is 7.94.